The average molecular weight is 248 g/mol. The molecule has 1 fully saturated rings. The molecule has 1 aliphatic rings. The van der Waals surface area contributed by atoms with E-state index in [9.17, 15) is 4.79 Å². The fourth-order valence-corrected chi connectivity index (χ4v) is 2.34. The van der Waals surface area contributed by atoms with Crippen LogP contribution in [-0.2, 0) is 9.53 Å². The van der Waals surface area contributed by atoms with Crippen molar-refractivity contribution in [2.75, 3.05) is 20.3 Å². The molecule has 1 saturated carbocycles. The topological polar surface area (TPSA) is 35.5 Å². The van der Waals surface area contributed by atoms with Crippen LogP contribution in [0.5, 0.6) is 5.75 Å². The third-order valence-corrected chi connectivity index (χ3v) is 3.82. The summed E-state index contributed by atoms with van der Waals surface area (Å²) in [5, 5.41) is 0. The Morgan fingerprint density at radius 1 is 1.22 bits per heavy atom. The van der Waals surface area contributed by atoms with Crippen LogP contribution in [0.25, 0.3) is 0 Å². The van der Waals surface area contributed by atoms with Gasteiger partial charge in [0.15, 0.2) is 0 Å². The highest BCUT2D eigenvalue weighted by Gasteiger charge is 2.47. The lowest BCUT2D eigenvalue weighted by molar-refractivity contribution is -0.137. The van der Waals surface area contributed by atoms with Crippen LogP contribution < -0.4 is 4.74 Å². The van der Waals surface area contributed by atoms with E-state index in [1.54, 1.807) is 7.11 Å². The van der Waals surface area contributed by atoms with E-state index < -0.39 is 0 Å². The fourth-order valence-electron chi connectivity index (χ4n) is 2.34. The first kappa shape index (κ1) is 13.1. The van der Waals surface area contributed by atoms with Gasteiger partial charge in [0.25, 0.3) is 0 Å². The molecule has 0 bridgehead atoms. The minimum Gasteiger partial charge on any atom is -0.491 e. The van der Waals surface area contributed by atoms with Gasteiger partial charge in [0.1, 0.15) is 18.1 Å². The number of carbonyl (C=O) groups excluding carboxylic acids is 1. The van der Waals surface area contributed by atoms with E-state index in [0.29, 0.717) is 31.3 Å². The molecule has 1 unspecified atom stereocenters. The van der Waals surface area contributed by atoms with Crippen molar-refractivity contribution in [1.29, 1.82) is 0 Å². The van der Waals surface area contributed by atoms with Crippen LogP contribution >= 0.6 is 0 Å². The van der Waals surface area contributed by atoms with E-state index in [1.165, 1.54) is 5.56 Å². The third kappa shape index (κ3) is 2.41. The van der Waals surface area contributed by atoms with Crippen LogP contribution in [0.3, 0.4) is 0 Å². The smallest absolute Gasteiger partial charge is 0.139 e. The quantitative estimate of drug-likeness (QED) is 0.752. The molecular weight excluding hydrogens is 228 g/mol. The number of ether oxygens (including phenoxy) is 2. The van der Waals surface area contributed by atoms with E-state index in [4.69, 9.17) is 9.47 Å². The van der Waals surface area contributed by atoms with Crippen molar-refractivity contribution < 1.29 is 14.3 Å². The highest BCUT2D eigenvalue weighted by atomic mass is 16.5. The Morgan fingerprint density at radius 3 is 2.39 bits per heavy atom. The molecule has 18 heavy (non-hydrogen) atoms. The molecule has 3 nitrogen and oxygen atoms in total. The molecule has 98 valence electrons. The summed E-state index contributed by atoms with van der Waals surface area (Å²) in [6.07, 6.45) is 0.664. The minimum atomic E-state index is -0.210. The summed E-state index contributed by atoms with van der Waals surface area (Å²) in [7, 11) is 1.65. The lowest BCUT2D eigenvalue weighted by Crippen LogP contribution is -2.43. The molecule has 0 radical (unpaired) electrons. The largest absolute Gasteiger partial charge is 0.491 e. The molecule has 2 rings (SSSR count). The van der Waals surface area contributed by atoms with Crippen molar-refractivity contribution in [3.8, 4) is 5.75 Å². The zero-order valence-corrected chi connectivity index (χ0v) is 11.2. The Hall–Kier alpha value is -1.35. The second-order valence-corrected chi connectivity index (χ2v) is 5.31. The van der Waals surface area contributed by atoms with Gasteiger partial charge >= 0.3 is 0 Å². The number of ketones is 1. The van der Waals surface area contributed by atoms with Crippen molar-refractivity contribution >= 4 is 5.78 Å². The zero-order valence-electron chi connectivity index (χ0n) is 11.2. The van der Waals surface area contributed by atoms with Crippen LogP contribution in [0.4, 0.5) is 0 Å². The standard InChI is InChI=1S/C15H20O3/c1-15(2)13(10-14(15)16)11-4-6-12(7-5-11)18-9-8-17-3/h4-7,13H,8-10H2,1-3H3. The van der Waals surface area contributed by atoms with Crippen molar-refractivity contribution in [2.45, 2.75) is 26.2 Å². The van der Waals surface area contributed by atoms with Gasteiger partial charge in [-0.25, -0.2) is 0 Å². The lowest BCUT2D eigenvalue weighted by atomic mass is 9.59. The van der Waals surface area contributed by atoms with Crippen LogP contribution in [-0.4, -0.2) is 26.1 Å². The highest BCUT2D eigenvalue weighted by molar-refractivity contribution is 5.92. The monoisotopic (exact) mass is 248 g/mol. The first-order valence-electron chi connectivity index (χ1n) is 6.30. The zero-order chi connectivity index (χ0) is 13.2. The summed E-state index contributed by atoms with van der Waals surface area (Å²) in [6.45, 7) is 5.19. The summed E-state index contributed by atoms with van der Waals surface area (Å²) < 4.78 is 10.4. The Balaban J connectivity index is 1.98. The molecule has 0 amide bonds. The van der Waals surface area contributed by atoms with Crippen molar-refractivity contribution in [3.05, 3.63) is 29.8 Å². The summed E-state index contributed by atoms with van der Waals surface area (Å²) in [5.74, 6) is 1.55. The van der Waals surface area contributed by atoms with Gasteiger partial charge in [-0.2, -0.15) is 0 Å². The van der Waals surface area contributed by atoms with E-state index in [0.717, 1.165) is 5.75 Å². The van der Waals surface area contributed by atoms with Crippen LogP contribution in [0.2, 0.25) is 0 Å². The predicted octanol–water partition coefficient (Wildman–Crippen LogP) is 2.79. The van der Waals surface area contributed by atoms with Crippen LogP contribution in [0.15, 0.2) is 24.3 Å². The predicted molar refractivity (Wildman–Crippen MR) is 70.0 cm³/mol. The molecule has 1 aromatic rings. The maximum absolute atomic E-state index is 11.5. The maximum Gasteiger partial charge on any atom is 0.139 e. The molecule has 0 heterocycles. The summed E-state index contributed by atoms with van der Waals surface area (Å²) in [6, 6.07) is 8.04. The van der Waals surface area contributed by atoms with Crippen molar-refractivity contribution in [3.63, 3.8) is 0 Å². The maximum atomic E-state index is 11.5. The van der Waals surface area contributed by atoms with E-state index in [-0.39, 0.29) is 5.41 Å². The molecule has 1 aromatic carbocycles. The minimum absolute atomic E-state index is 0.210. The normalized spacial score (nSPS) is 21.5. The summed E-state index contributed by atoms with van der Waals surface area (Å²) >= 11 is 0. The van der Waals surface area contributed by atoms with Gasteiger partial charge in [-0.1, -0.05) is 26.0 Å². The first-order chi connectivity index (χ1) is 8.55. The van der Waals surface area contributed by atoms with Crippen LogP contribution in [0.1, 0.15) is 31.7 Å². The van der Waals surface area contributed by atoms with Gasteiger partial charge in [0.05, 0.1) is 6.61 Å². The van der Waals surface area contributed by atoms with Gasteiger partial charge < -0.3 is 9.47 Å². The molecule has 0 N–H and O–H groups in total. The molecule has 0 saturated heterocycles. The molecule has 1 aliphatic carbocycles. The fraction of sp³-hybridized carbons (Fsp3) is 0.533. The number of hydrogen-bond donors (Lipinski definition) is 0. The number of hydrogen-bond acceptors (Lipinski definition) is 3. The summed E-state index contributed by atoms with van der Waals surface area (Å²) in [5.41, 5.74) is 1.01. The average Bonchev–Trinajstić information content (AvgIpc) is 2.37. The molecule has 3 heteroatoms. The molecule has 0 aliphatic heterocycles. The third-order valence-electron chi connectivity index (χ3n) is 3.82. The van der Waals surface area contributed by atoms with Crippen molar-refractivity contribution in [1.82, 2.24) is 0 Å². The Labute approximate surface area is 108 Å². The number of benzene rings is 1. The second kappa shape index (κ2) is 5.11. The van der Waals surface area contributed by atoms with Gasteiger partial charge in [0, 0.05) is 24.9 Å². The number of carbonyl (C=O) groups is 1. The SMILES string of the molecule is COCCOc1ccc(C2CC(=O)C2(C)C)cc1. The lowest BCUT2D eigenvalue weighted by Gasteiger charge is -2.42. The Bertz CT molecular complexity index is 420. The molecule has 0 spiro atoms. The second-order valence-electron chi connectivity index (χ2n) is 5.31. The number of Topliss-reactive ketones (excluding diaryl/α,β-unsaturated/α-hetero) is 1. The Kier molecular flexibility index (Phi) is 3.71. The molecule has 1 atom stereocenters. The molecular formula is C15H20O3. The van der Waals surface area contributed by atoms with Crippen LogP contribution in [0, 0.1) is 5.41 Å². The highest BCUT2D eigenvalue weighted by Crippen LogP contribution is 2.49. The molecule has 0 aromatic heterocycles. The first-order valence-corrected chi connectivity index (χ1v) is 6.30. The Morgan fingerprint density at radius 2 is 1.89 bits per heavy atom. The van der Waals surface area contributed by atoms with Gasteiger partial charge in [-0.15, -0.1) is 0 Å². The van der Waals surface area contributed by atoms with E-state index in [2.05, 4.69) is 12.1 Å². The van der Waals surface area contributed by atoms with E-state index in [1.807, 2.05) is 26.0 Å². The van der Waals surface area contributed by atoms with E-state index >= 15 is 0 Å². The van der Waals surface area contributed by atoms with Crippen molar-refractivity contribution in [2.24, 2.45) is 5.41 Å². The summed E-state index contributed by atoms with van der Waals surface area (Å²) in [4.78, 5) is 11.5. The number of methoxy groups -OCH3 is 1. The number of rotatable bonds is 5. The van der Waals surface area contributed by atoms with Gasteiger partial charge in [-0.3, -0.25) is 4.79 Å². The van der Waals surface area contributed by atoms with Gasteiger partial charge in [0.2, 0.25) is 0 Å². The van der Waals surface area contributed by atoms with Gasteiger partial charge in [-0.05, 0) is 17.7 Å².